The lowest BCUT2D eigenvalue weighted by Gasteiger charge is -2.39. The first-order valence-corrected chi connectivity index (χ1v) is 11.3. The first-order valence-electron chi connectivity index (χ1n) is 11.3. The summed E-state index contributed by atoms with van der Waals surface area (Å²) in [5.74, 6) is 1.32. The van der Waals surface area contributed by atoms with Gasteiger partial charge in [0.2, 0.25) is 5.91 Å². The van der Waals surface area contributed by atoms with Crippen LogP contribution in [0.4, 0.5) is 0 Å². The van der Waals surface area contributed by atoms with Gasteiger partial charge in [0.1, 0.15) is 0 Å². The molecule has 0 bridgehead atoms. The number of amides is 1. The van der Waals surface area contributed by atoms with E-state index in [-0.39, 0.29) is 30.0 Å². The number of benzene rings is 1. The van der Waals surface area contributed by atoms with Crippen molar-refractivity contribution >= 4 is 35.8 Å². The Morgan fingerprint density at radius 1 is 1.03 bits per heavy atom. The van der Waals surface area contributed by atoms with Crippen LogP contribution in [0.3, 0.4) is 0 Å². The van der Waals surface area contributed by atoms with E-state index in [9.17, 15) is 4.79 Å². The largest absolute Gasteiger partial charge is 0.357 e. The topological polar surface area (TPSA) is 51.2 Å². The van der Waals surface area contributed by atoms with E-state index in [1.165, 1.54) is 5.56 Å². The molecule has 0 saturated carbocycles. The molecule has 3 rings (SSSR count). The van der Waals surface area contributed by atoms with Gasteiger partial charge in [-0.15, -0.1) is 24.0 Å². The molecule has 2 heterocycles. The molecule has 7 heteroatoms. The molecule has 1 amide bonds. The van der Waals surface area contributed by atoms with Crippen LogP contribution in [0.5, 0.6) is 0 Å². The number of halogens is 1. The van der Waals surface area contributed by atoms with E-state index in [4.69, 9.17) is 4.99 Å². The molecule has 0 aromatic heterocycles. The van der Waals surface area contributed by atoms with Gasteiger partial charge in [-0.05, 0) is 45.1 Å². The van der Waals surface area contributed by atoms with Gasteiger partial charge in [-0.1, -0.05) is 30.3 Å². The Bertz CT molecular complexity index is 655. The molecule has 0 spiro atoms. The molecule has 1 aromatic carbocycles. The summed E-state index contributed by atoms with van der Waals surface area (Å²) in [6.07, 6.45) is 4.42. The van der Waals surface area contributed by atoms with Crippen molar-refractivity contribution in [1.29, 1.82) is 0 Å². The summed E-state index contributed by atoms with van der Waals surface area (Å²) in [7, 11) is 0. The number of guanidine groups is 1. The zero-order valence-corrected chi connectivity index (χ0v) is 20.9. The maximum absolute atomic E-state index is 12.7. The van der Waals surface area contributed by atoms with Gasteiger partial charge in [0.25, 0.3) is 0 Å². The number of carbonyl (C=O) groups excluding carboxylic acids is 1. The van der Waals surface area contributed by atoms with Crippen molar-refractivity contribution in [2.75, 3.05) is 52.4 Å². The second-order valence-electron chi connectivity index (χ2n) is 8.06. The number of rotatable bonds is 7. The van der Waals surface area contributed by atoms with E-state index >= 15 is 0 Å². The summed E-state index contributed by atoms with van der Waals surface area (Å²) in [5, 5.41) is 3.44. The van der Waals surface area contributed by atoms with Gasteiger partial charge >= 0.3 is 0 Å². The molecule has 1 atom stereocenters. The highest BCUT2D eigenvalue weighted by molar-refractivity contribution is 14.0. The van der Waals surface area contributed by atoms with Gasteiger partial charge in [-0.3, -0.25) is 14.7 Å². The Balaban J connectivity index is 0.00000320. The van der Waals surface area contributed by atoms with Crippen LogP contribution in [0.2, 0.25) is 0 Å². The van der Waals surface area contributed by atoms with Crippen molar-refractivity contribution < 1.29 is 4.79 Å². The molecule has 2 aliphatic heterocycles. The number of hydrogen-bond donors (Lipinski definition) is 1. The standard InChI is InChI=1S/C23H37N5O.HI/c1-3-24-23(25-13-9-12-21-10-5-4-6-11-21)28-18-16-26(17-19-28)20(2)22(29)27-14-7-8-15-27;/h4-6,10-11,20H,3,7-9,12-19H2,1-2H3,(H,24,25);1H. The quantitative estimate of drug-likeness (QED) is 0.257. The van der Waals surface area contributed by atoms with Gasteiger partial charge in [-0.25, -0.2) is 0 Å². The third kappa shape index (κ3) is 7.11. The van der Waals surface area contributed by atoms with Crippen LogP contribution in [0.15, 0.2) is 35.3 Å². The number of hydrogen-bond acceptors (Lipinski definition) is 3. The molecule has 6 nitrogen and oxygen atoms in total. The average Bonchev–Trinajstić information content (AvgIpc) is 3.31. The minimum Gasteiger partial charge on any atom is -0.357 e. The van der Waals surface area contributed by atoms with Crippen molar-refractivity contribution in [3.8, 4) is 0 Å². The zero-order valence-electron chi connectivity index (χ0n) is 18.6. The number of piperazine rings is 1. The SMILES string of the molecule is CCNC(=NCCCc1ccccc1)N1CCN(C(C)C(=O)N2CCCC2)CC1.I. The first-order chi connectivity index (χ1) is 14.2. The first kappa shape index (κ1) is 24.9. The molecule has 0 radical (unpaired) electrons. The number of aryl methyl sites for hydroxylation is 1. The van der Waals surface area contributed by atoms with E-state index in [1.807, 2.05) is 4.90 Å². The Hall–Kier alpha value is -1.35. The molecule has 0 aliphatic carbocycles. The van der Waals surface area contributed by atoms with E-state index in [0.717, 1.165) is 84.0 Å². The van der Waals surface area contributed by atoms with Gasteiger partial charge in [-0.2, -0.15) is 0 Å². The monoisotopic (exact) mass is 527 g/mol. The highest BCUT2D eigenvalue weighted by Crippen LogP contribution is 2.14. The van der Waals surface area contributed by atoms with Crippen LogP contribution in [-0.4, -0.2) is 85.0 Å². The zero-order chi connectivity index (χ0) is 20.5. The molecular weight excluding hydrogens is 489 g/mol. The van der Waals surface area contributed by atoms with E-state index in [0.29, 0.717) is 5.91 Å². The van der Waals surface area contributed by atoms with Crippen LogP contribution < -0.4 is 5.32 Å². The van der Waals surface area contributed by atoms with Crippen molar-refractivity contribution in [2.45, 2.75) is 45.6 Å². The molecule has 168 valence electrons. The van der Waals surface area contributed by atoms with Gasteiger partial charge in [0.05, 0.1) is 6.04 Å². The Labute approximate surface area is 199 Å². The summed E-state index contributed by atoms with van der Waals surface area (Å²) in [5.41, 5.74) is 1.37. The lowest BCUT2D eigenvalue weighted by molar-refractivity contribution is -0.135. The number of carbonyl (C=O) groups is 1. The molecule has 1 aromatic rings. The summed E-state index contributed by atoms with van der Waals surface area (Å²) >= 11 is 0. The predicted molar refractivity (Wildman–Crippen MR) is 135 cm³/mol. The number of aliphatic imine (C=N–C) groups is 1. The van der Waals surface area contributed by atoms with Crippen LogP contribution in [-0.2, 0) is 11.2 Å². The van der Waals surface area contributed by atoms with Crippen molar-refractivity contribution in [1.82, 2.24) is 20.0 Å². The molecule has 2 fully saturated rings. The number of likely N-dealkylation sites (tertiary alicyclic amines) is 1. The number of nitrogens with zero attached hydrogens (tertiary/aromatic N) is 4. The second kappa shape index (κ2) is 13.1. The van der Waals surface area contributed by atoms with Crippen LogP contribution in [0, 0.1) is 0 Å². The Morgan fingerprint density at radius 3 is 2.33 bits per heavy atom. The van der Waals surface area contributed by atoms with Crippen LogP contribution in [0.1, 0.15) is 38.7 Å². The second-order valence-corrected chi connectivity index (χ2v) is 8.06. The highest BCUT2D eigenvalue weighted by Gasteiger charge is 2.30. The average molecular weight is 527 g/mol. The lowest BCUT2D eigenvalue weighted by atomic mass is 10.1. The van der Waals surface area contributed by atoms with Crippen molar-refractivity contribution in [3.05, 3.63) is 35.9 Å². The molecule has 1 N–H and O–H groups in total. The van der Waals surface area contributed by atoms with Gasteiger partial charge < -0.3 is 15.1 Å². The summed E-state index contributed by atoms with van der Waals surface area (Å²) < 4.78 is 0. The Morgan fingerprint density at radius 2 is 1.70 bits per heavy atom. The highest BCUT2D eigenvalue weighted by atomic mass is 127. The van der Waals surface area contributed by atoms with Gasteiger partial charge in [0.15, 0.2) is 5.96 Å². The van der Waals surface area contributed by atoms with Crippen molar-refractivity contribution in [3.63, 3.8) is 0 Å². The Kier molecular flexibility index (Phi) is 10.9. The predicted octanol–water partition coefficient (Wildman–Crippen LogP) is 2.83. The lowest BCUT2D eigenvalue weighted by Crippen LogP contribution is -2.57. The fraction of sp³-hybridized carbons (Fsp3) is 0.652. The fourth-order valence-corrected chi connectivity index (χ4v) is 4.22. The minimum absolute atomic E-state index is 0. The van der Waals surface area contributed by atoms with E-state index in [1.54, 1.807) is 0 Å². The smallest absolute Gasteiger partial charge is 0.239 e. The van der Waals surface area contributed by atoms with Crippen molar-refractivity contribution in [2.24, 2.45) is 4.99 Å². The van der Waals surface area contributed by atoms with E-state index in [2.05, 4.69) is 59.3 Å². The third-order valence-electron chi connectivity index (χ3n) is 6.00. The molecule has 2 aliphatic rings. The third-order valence-corrected chi connectivity index (χ3v) is 6.00. The summed E-state index contributed by atoms with van der Waals surface area (Å²) in [4.78, 5) is 24.3. The number of nitrogens with one attached hydrogen (secondary N) is 1. The van der Waals surface area contributed by atoms with Crippen LogP contribution >= 0.6 is 24.0 Å². The normalized spacial score (nSPS) is 18.8. The fourth-order valence-electron chi connectivity index (χ4n) is 4.22. The minimum atomic E-state index is -0.0133. The van der Waals surface area contributed by atoms with Crippen LogP contribution in [0.25, 0.3) is 0 Å². The summed E-state index contributed by atoms with van der Waals surface area (Å²) in [6.45, 7) is 11.4. The molecule has 30 heavy (non-hydrogen) atoms. The van der Waals surface area contributed by atoms with Gasteiger partial charge in [0, 0.05) is 52.4 Å². The molecule has 1 unspecified atom stereocenters. The molecule has 2 saturated heterocycles. The maximum atomic E-state index is 12.7. The summed E-state index contributed by atoms with van der Waals surface area (Å²) in [6, 6.07) is 10.6. The van der Waals surface area contributed by atoms with E-state index < -0.39 is 0 Å². The molecular formula is C23H38IN5O. The maximum Gasteiger partial charge on any atom is 0.239 e.